The number of hydrogen-bond acceptors (Lipinski definition) is 3. The lowest BCUT2D eigenvalue weighted by Gasteiger charge is -2.25. The summed E-state index contributed by atoms with van der Waals surface area (Å²) in [7, 11) is -3.46. The van der Waals surface area contributed by atoms with Crippen molar-refractivity contribution in [1.29, 1.82) is 0 Å². The molecule has 20 heavy (non-hydrogen) atoms. The summed E-state index contributed by atoms with van der Waals surface area (Å²) in [6, 6.07) is 6.89. The van der Waals surface area contributed by atoms with Crippen LogP contribution >= 0.6 is 0 Å². The van der Waals surface area contributed by atoms with Crippen LogP contribution in [0.15, 0.2) is 29.2 Å². The molecule has 0 aliphatic carbocycles. The largest absolute Gasteiger partial charge is 0.385 e. The van der Waals surface area contributed by atoms with E-state index in [4.69, 9.17) is 0 Å². The maximum absolute atomic E-state index is 12.3. The van der Waals surface area contributed by atoms with Crippen LogP contribution in [0, 0.1) is 0 Å². The fourth-order valence-corrected chi connectivity index (χ4v) is 3.56. The molecule has 1 rings (SSSR count). The minimum absolute atomic E-state index is 0.309. The number of anilines is 1. The quantitative estimate of drug-likeness (QED) is 0.773. The summed E-state index contributed by atoms with van der Waals surface area (Å²) in [5, 5.41) is 3.23. The third-order valence-corrected chi connectivity index (χ3v) is 4.74. The van der Waals surface area contributed by atoms with Crippen LogP contribution in [0.25, 0.3) is 0 Å². The van der Waals surface area contributed by atoms with E-state index in [1.54, 1.807) is 24.3 Å². The van der Waals surface area contributed by atoms with Crippen LogP contribution < -0.4 is 10.0 Å². The molecular weight excluding hydrogens is 272 g/mol. The Morgan fingerprint density at radius 1 is 1.05 bits per heavy atom. The molecule has 0 bridgehead atoms. The first kappa shape index (κ1) is 17.0. The van der Waals surface area contributed by atoms with Crippen molar-refractivity contribution in [2.24, 2.45) is 0 Å². The maximum Gasteiger partial charge on any atom is 0.241 e. The van der Waals surface area contributed by atoms with E-state index in [1.165, 1.54) is 0 Å². The summed E-state index contributed by atoms with van der Waals surface area (Å²) >= 11 is 0. The summed E-state index contributed by atoms with van der Waals surface area (Å²) in [5.41, 5.74) is 0.519. The molecule has 5 heteroatoms. The number of sulfonamides is 1. The van der Waals surface area contributed by atoms with Gasteiger partial charge in [0.05, 0.1) is 4.90 Å². The zero-order valence-corrected chi connectivity index (χ0v) is 13.7. The minimum Gasteiger partial charge on any atom is -0.385 e. The second-order valence-electron chi connectivity index (χ2n) is 5.69. The molecule has 0 atom stereocenters. The van der Waals surface area contributed by atoms with E-state index in [9.17, 15) is 8.42 Å². The number of nitrogens with one attached hydrogen (secondary N) is 2. The Morgan fingerprint density at radius 3 is 2.15 bits per heavy atom. The third kappa shape index (κ3) is 5.13. The van der Waals surface area contributed by atoms with Crippen molar-refractivity contribution in [3.05, 3.63) is 24.3 Å². The molecular formula is C15H26N2O2S. The normalized spacial score (nSPS) is 12.4. The van der Waals surface area contributed by atoms with Gasteiger partial charge in [0.25, 0.3) is 0 Å². The molecule has 0 fully saturated rings. The molecule has 0 heterocycles. The zero-order chi connectivity index (χ0) is 15.2. The first-order valence-electron chi connectivity index (χ1n) is 7.18. The summed E-state index contributed by atoms with van der Waals surface area (Å²) in [6.45, 7) is 8.83. The molecule has 1 aromatic rings. The van der Waals surface area contributed by atoms with E-state index in [2.05, 4.69) is 17.0 Å². The molecule has 0 aliphatic heterocycles. The molecule has 0 saturated heterocycles. The Kier molecular flexibility index (Phi) is 6.02. The average molecular weight is 298 g/mol. The van der Waals surface area contributed by atoms with E-state index in [1.807, 2.05) is 20.8 Å². The number of benzene rings is 1. The fraction of sp³-hybridized carbons (Fsp3) is 0.600. The van der Waals surface area contributed by atoms with Gasteiger partial charge in [-0.25, -0.2) is 13.1 Å². The van der Waals surface area contributed by atoms with Gasteiger partial charge in [0.15, 0.2) is 0 Å². The highest BCUT2D eigenvalue weighted by Gasteiger charge is 2.25. The van der Waals surface area contributed by atoms with Crippen LogP contribution in [-0.2, 0) is 10.0 Å². The van der Waals surface area contributed by atoms with Crippen LogP contribution in [-0.4, -0.2) is 20.5 Å². The zero-order valence-electron chi connectivity index (χ0n) is 12.9. The number of hydrogen-bond donors (Lipinski definition) is 2. The van der Waals surface area contributed by atoms with Gasteiger partial charge in [0.1, 0.15) is 0 Å². The monoisotopic (exact) mass is 298 g/mol. The van der Waals surface area contributed by atoms with Gasteiger partial charge in [0, 0.05) is 17.8 Å². The Morgan fingerprint density at radius 2 is 1.65 bits per heavy atom. The molecule has 2 N–H and O–H groups in total. The Bertz CT molecular complexity index is 507. The molecule has 0 amide bonds. The van der Waals surface area contributed by atoms with Gasteiger partial charge in [-0.1, -0.05) is 20.3 Å². The lowest BCUT2D eigenvalue weighted by atomic mass is 10.0. The highest BCUT2D eigenvalue weighted by Crippen LogP contribution is 2.18. The topological polar surface area (TPSA) is 58.2 Å². The van der Waals surface area contributed by atoms with Gasteiger partial charge in [0.2, 0.25) is 10.0 Å². The van der Waals surface area contributed by atoms with E-state index in [0.717, 1.165) is 31.5 Å². The second kappa shape index (κ2) is 7.09. The first-order chi connectivity index (χ1) is 9.30. The highest BCUT2D eigenvalue weighted by molar-refractivity contribution is 7.89. The van der Waals surface area contributed by atoms with Crippen molar-refractivity contribution in [2.75, 3.05) is 11.9 Å². The lowest BCUT2D eigenvalue weighted by Crippen LogP contribution is -2.43. The van der Waals surface area contributed by atoms with Gasteiger partial charge in [-0.2, -0.15) is 0 Å². The highest BCUT2D eigenvalue weighted by atomic mass is 32.2. The van der Waals surface area contributed by atoms with Crippen molar-refractivity contribution in [3.8, 4) is 0 Å². The average Bonchev–Trinajstić information content (AvgIpc) is 2.35. The number of rotatable bonds is 8. The Balaban J connectivity index is 2.82. The second-order valence-corrected chi connectivity index (χ2v) is 7.37. The Labute approximate surface area is 123 Å². The van der Waals surface area contributed by atoms with Crippen LogP contribution in [0.2, 0.25) is 0 Å². The first-order valence-corrected chi connectivity index (χ1v) is 8.67. The molecule has 0 spiro atoms. The van der Waals surface area contributed by atoms with Gasteiger partial charge in [-0.05, 0) is 51.0 Å². The van der Waals surface area contributed by atoms with Crippen LogP contribution in [0.4, 0.5) is 5.69 Å². The summed E-state index contributed by atoms with van der Waals surface area (Å²) in [6.07, 6.45) is 2.78. The predicted molar refractivity (Wildman–Crippen MR) is 84.5 cm³/mol. The molecule has 114 valence electrons. The van der Waals surface area contributed by atoms with E-state index < -0.39 is 15.6 Å². The predicted octanol–water partition coefficient (Wildman–Crippen LogP) is 3.37. The molecule has 0 radical (unpaired) electrons. The van der Waals surface area contributed by atoms with Crippen molar-refractivity contribution >= 4 is 15.7 Å². The standard InChI is InChI=1S/C15H26N2O2S/c1-5-11-15(3,4)17-20(18,19)14-9-7-13(8-10-14)16-12-6-2/h7-10,16-17H,5-6,11-12H2,1-4H3. The SMILES string of the molecule is CCCNc1ccc(S(=O)(=O)NC(C)(C)CCC)cc1. The van der Waals surface area contributed by atoms with E-state index in [0.29, 0.717) is 4.90 Å². The van der Waals surface area contributed by atoms with Crippen molar-refractivity contribution in [3.63, 3.8) is 0 Å². The maximum atomic E-state index is 12.3. The molecule has 4 nitrogen and oxygen atoms in total. The molecule has 0 aromatic heterocycles. The van der Waals surface area contributed by atoms with Crippen molar-refractivity contribution in [2.45, 2.75) is 57.4 Å². The third-order valence-electron chi connectivity index (χ3n) is 3.03. The van der Waals surface area contributed by atoms with Crippen LogP contribution in [0.3, 0.4) is 0 Å². The summed E-state index contributed by atoms with van der Waals surface area (Å²) in [4.78, 5) is 0.309. The minimum atomic E-state index is -3.46. The smallest absolute Gasteiger partial charge is 0.241 e. The Hall–Kier alpha value is -1.07. The van der Waals surface area contributed by atoms with Gasteiger partial charge >= 0.3 is 0 Å². The van der Waals surface area contributed by atoms with E-state index >= 15 is 0 Å². The summed E-state index contributed by atoms with van der Waals surface area (Å²) in [5.74, 6) is 0. The van der Waals surface area contributed by atoms with Gasteiger partial charge in [-0.3, -0.25) is 0 Å². The van der Waals surface area contributed by atoms with Crippen LogP contribution in [0.5, 0.6) is 0 Å². The lowest BCUT2D eigenvalue weighted by molar-refractivity contribution is 0.418. The summed E-state index contributed by atoms with van der Waals surface area (Å²) < 4.78 is 27.4. The molecule has 0 saturated carbocycles. The molecule has 0 unspecified atom stereocenters. The van der Waals surface area contributed by atoms with Crippen LogP contribution in [0.1, 0.15) is 47.0 Å². The van der Waals surface area contributed by atoms with Gasteiger partial charge in [-0.15, -0.1) is 0 Å². The van der Waals surface area contributed by atoms with Gasteiger partial charge < -0.3 is 5.32 Å². The molecule has 0 aliphatic rings. The van der Waals surface area contributed by atoms with Crippen molar-refractivity contribution < 1.29 is 8.42 Å². The van der Waals surface area contributed by atoms with E-state index in [-0.39, 0.29) is 0 Å². The molecule has 1 aromatic carbocycles. The van der Waals surface area contributed by atoms with Crippen molar-refractivity contribution in [1.82, 2.24) is 4.72 Å². The fourth-order valence-electron chi connectivity index (χ4n) is 2.12.